The number of alkyl halides is 5. The van der Waals surface area contributed by atoms with Crippen LogP contribution in [0.2, 0.25) is 4.34 Å². The van der Waals surface area contributed by atoms with Crippen molar-refractivity contribution in [3.8, 4) is 0 Å². The molecule has 8 nitrogen and oxygen atoms in total. The number of carbonyl (C=O) groups is 3. The normalized spacial score (nSPS) is 17.2. The molecule has 2 fully saturated rings. The third-order valence-electron chi connectivity index (χ3n) is 6.67. The molecule has 15 heteroatoms. The van der Waals surface area contributed by atoms with E-state index < -0.39 is 61.1 Å². The summed E-state index contributed by atoms with van der Waals surface area (Å²) in [5, 5.41) is 4.94. The second-order valence-electron chi connectivity index (χ2n) is 9.36. The van der Waals surface area contributed by atoms with E-state index in [1.807, 2.05) is 0 Å². The van der Waals surface area contributed by atoms with Crippen LogP contribution in [0.3, 0.4) is 0 Å². The number of halogens is 6. The zero-order valence-corrected chi connectivity index (χ0v) is 22.6. The van der Waals surface area contributed by atoms with Gasteiger partial charge in [0.2, 0.25) is 5.91 Å². The number of hydrogen-bond acceptors (Lipinski definition) is 6. The van der Waals surface area contributed by atoms with Gasteiger partial charge in [-0.3, -0.25) is 19.3 Å². The Hall–Kier alpha value is -2.81. The fourth-order valence-electron chi connectivity index (χ4n) is 4.54. The predicted molar refractivity (Wildman–Crippen MR) is 139 cm³/mol. The second kappa shape index (κ2) is 12.8. The molecule has 4 rings (SSSR count). The number of rotatable bonds is 10. The molecule has 2 aromatic rings. The van der Waals surface area contributed by atoms with Crippen molar-refractivity contribution in [1.82, 2.24) is 10.2 Å². The summed E-state index contributed by atoms with van der Waals surface area (Å²) >= 11 is 6.83. The molecule has 2 aliphatic rings. The van der Waals surface area contributed by atoms with Crippen molar-refractivity contribution < 1.29 is 41.1 Å². The summed E-state index contributed by atoms with van der Waals surface area (Å²) in [7, 11) is 0. The van der Waals surface area contributed by atoms with Crippen LogP contribution in [0.15, 0.2) is 30.3 Å². The van der Waals surface area contributed by atoms with Crippen LogP contribution in [0.4, 0.5) is 33.3 Å². The molecular formula is C25H26ClF5N4O4S. The molecule has 3 amide bonds. The van der Waals surface area contributed by atoms with E-state index in [4.69, 9.17) is 16.3 Å². The highest BCUT2D eigenvalue weighted by molar-refractivity contribution is 7.18. The van der Waals surface area contributed by atoms with Gasteiger partial charge >= 0.3 is 6.18 Å². The van der Waals surface area contributed by atoms with Gasteiger partial charge in [0.15, 0.2) is 0 Å². The lowest BCUT2D eigenvalue weighted by Crippen LogP contribution is -2.58. The van der Waals surface area contributed by atoms with Crippen molar-refractivity contribution in [2.45, 2.75) is 43.9 Å². The average molecular weight is 609 g/mol. The largest absolute Gasteiger partial charge is 0.401 e. The Labute approximate surface area is 235 Å². The van der Waals surface area contributed by atoms with Gasteiger partial charge in [0, 0.05) is 30.4 Å². The summed E-state index contributed by atoms with van der Waals surface area (Å²) in [6, 6.07) is 4.47. The number of benzene rings is 1. The van der Waals surface area contributed by atoms with Crippen LogP contribution < -0.4 is 15.5 Å². The molecule has 0 bridgehead atoms. The maximum atomic E-state index is 14.0. The van der Waals surface area contributed by atoms with E-state index in [0.717, 1.165) is 27.2 Å². The molecule has 1 aliphatic carbocycles. The topological polar surface area (TPSA) is 91.0 Å². The first-order valence-electron chi connectivity index (χ1n) is 12.4. The highest BCUT2D eigenvalue weighted by Gasteiger charge is 2.42. The number of thiophene rings is 1. The number of nitrogens with one attached hydrogen (secondary N) is 2. The van der Waals surface area contributed by atoms with E-state index in [1.165, 1.54) is 24.3 Å². The molecule has 0 unspecified atom stereocenters. The highest BCUT2D eigenvalue weighted by Crippen LogP contribution is 2.34. The summed E-state index contributed by atoms with van der Waals surface area (Å²) < 4.78 is 73.9. The summed E-state index contributed by atoms with van der Waals surface area (Å²) in [5.41, 5.74) is -0.668. The number of carbonyl (C=O) groups excluding carboxylic acids is 3. The van der Waals surface area contributed by atoms with Crippen LogP contribution in [0, 0.1) is 0 Å². The number of ether oxygens (including phenoxy) is 1. The average Bonchev–Trinajstić information content (AvgIpc) is 3.28. The lowest BCUT2D eigenvalue weighted by molar-refractivity contribution is -0.163. The molecule has 40 heavy (non-hydrogen) atoms. The predicted octanol–water partition coefficient (Wildman–Crippen LogP) is 4.86. The lowest BCUT2D eigenvalue weighted by Gasteiger charge is -2.42. The van der Waals surface area contributed by atoms with E-state index in [9.17, 15) is 36.3 Å². The molecule has 2 heterocycles. The Morgan fingerprint density at radius 3 is 2.52 bits per heavy atom. The molecule has 1 aromatic carbocycles. The molecule has 1 aliphatic heterocycles. The maximum Gasteiger partial charge on any atom is 0.401 e. The first kappa shape index (κ1) is 30.2. The smallest absolute Gasteiger partial charge is 0.370 e. The molecule has 1 saturated heterocycles. The molecule has 1 atom stereocenters. The molecular weight excluding hydrogens is 583 g/mol. The van der Waals surface area contributed by atoms with E-state index >= 15 is 0 Å². The second-order valence-corrected chi connectivity index (χ2v) is 11.1. The third-order valence-corrected chi connectivity index (χ3v) is 7.90. The first-order chi connectivity index (χ1) is 18.9. The molecule has 1 saturated carbocycles. The summed E-state index contributed by atoms with van der Waals surface area (Å²) in [4.78, 5) is 40.5. The van der Waals surface area contributed by atoms with Gasteiger partial charge in [0.05, 0.1) is 28.1 Å². The van der Waals surface area contributed by atoms with Crippen molar-refractivity contribution in [1.29, 1.82) is 0 Å². The number of hydrogen-bond donors (Lipinski definition) is 2. The Morgan fingerprint density at radius 1 is 1.20 bits per heavy atom. The van der Waals surface area contributed by atoms with E-state index in [0.29, 0.717) is 23.6 Å². The third kappa shape index (κ3) is 7.47. The van der Waals surface area contributed by atoms with Crippen molar-refractivity contribution in [3.05, 3.63) is 45.1 Å². The summed E-state index contributed by atoms with van der Waals surface area (Å²) in [5.74, 6) is -2.03. The van der Waals surface area contributed by atoms with Gasteiger partial charge < -0.3 is 20.3 Å². The Morgan fingerprint density at radius 2 is 1.95 bits per heavy atom. The van der Waals surface area contributed by atoms with Gasteiger partial charge in [-0.2, -0.15) is 13.2 Å². The van der Waals surface area contributed by atoms with Gasteiger partial charge in [-0.15, -0.1) is 11.3 Å². The van der Waals surface area contributed by atoms with Gasteiger partial charge in [0.1, 0.15) is 12.6 Å². The van der Waals surface area contributed by atoms with E-state index in [1.54, 1.807) is 0 Å². The number of nitrogens with zero attached hydrogens (tertiary/aromatic N) is 2. The number of amides is 3. The molecule has 0 radical (unpaired) electrons. The zero-order chi connectivity index (χ0) is 29.0. The maximum absolute atomic E-state index is 14.0. The number of anilines is 2. The van der Waals surface area contributed by atoms with Gasteiger partial charge in [0.25, 0.3) is 18.2 Å². The van der Waals surface area contributed by atoms with E-state index in [2.05, 4.69) is 10.6 Å². The van der Waals surface area contributed by atoms with Crippen molar-refractivity contribution in [3.63, 3.8) is 0 Å². The van der Waals surface area contributed by atoms with E-state index in [-0.39, 0.29) is 36.0 Å². The highest BCUT2D eigenvalue weighted by atomic mass is 35.5. The van der Waals surface area contributed by atoms with Crippen molar-refractivity contribution in [2.75, 3.05) is 43.1 Å². The van der Waals surface area contributed by atoms with Crippen LogP contribution in [0.25, 0.3) is 0 Å². The molecule has 1 aromatic heterocycles. The van der Waals surface area contributed by atoms with Gasteiger partial charge in [-0.05, 0) is 43.2 Å². The van der Waals surface area contributed by atoms with Crippen LogP contribution in [-0.2, 0) is 14.3 Å². The first-order valence-corrected chi connectivity index (χ1v) is 13.6. The quantitative estimate of drug-likeness (QED) is 0.376. The van der Waals surface area contributed by atoms with Crippen LogP contribution >= 0.6 is 22.9 Å². The fourth-order valence-corrected chi connectivity index (χ4v) is 5.50. The fraction of sp³-hybridized carbons (Fsp3) is 0.480. The molecule has 0 spiro atoms. The zero-order valence-electron chi connectivity index (χ0n) is 21.0. The Balaban J connectivity index is 1.58. The minimum Gasteiger partial charge on any atom is -0.370 e. The van der Waals surface area contributed by atoms with Gasteiger partial charge in [-0.1, -0.05) is 18.0 Å². The minimum atomic E-state index is -4.63. The SMILES string of the molecule is O=C(NC[C@@H](C(=O)Nc1ccc(N2CCOCC2=O)c(C(F)F)c1)N(CC(F)(F)F)C1CCC1)c1ccc(Cl)s1. The van der Waals surface area contributed by atoms with Crippen LogP contribution in [-0.4, -0.2) is 73.7 Å². The van der Waals surface area contributed by atoms with Crippen molar-refractivity contribution in [2.24, 2.45) is 0 Å². The van der Waals surface area contributed by atoms with Crippen molar-refractivity contribution >= 4 is 52.0 Å². The summed E-state index contributed by atoms with van der Waals surface area (Å²) in [6.07, 6.45) is -6.08. The standard InChI is InChI=1S/C25H26ClF5N4O4S/c26-20-7-6-19(40-20)24(38)32-11-18(35(13-25(29,30)31)15-2-1-3-15)23(37)33-14-4-5-17(16(10-14)22(27)28)34-8-9-39-12-21(34)36/h4-7,10,15,18,22H,1-3,8-9,11-13H2,(H,32,38)(H,33,37)/t18-/m0/s1. The number of morpholine rings is 1. The van der Waals surface area contributed by atoms with Crippen LogP contribution in [0.5, 0.6) is 0 Å². The van der Waals surface area contributed by atoms with Gasteiger partial charge in [-0.25, -0.2) is 8.78 Å². The van der Waals surface area contributed by atoms with Crippen LogP contribution in [0.1, 0.15) is 40.9 Å². The summed E-state index contributed by atoms with van der Waals surface area (Å²) in [6.45, 7) is -1.89. The lowest BCUT2D eigenvalue weighted by atomic mass is 9.90. The monoisotopic (exact) mass is 608 g/mol. The minimum absolute atomic E-state index is 0.0483. The molecule has 2 N–H and O–H groups in total. The Bertz CT molecular complexity index is 1240. The Kier molecular flexibility index (Phi) is 9.64. The molecule has 218 valence electrons.